The van der Waals surface area contributed by atoms with Gasteiger partial charge in [-0.05, 0) is 18.1 Å². The normalized spacial score (nSPS) is 24.8. The summed E-state index contributed by atoms with van der Waals surface area (Å²) in [6.45, 7) is 2.18. The van der Waals surface area contributed by atoms with Gasteiger partial charge in [0, 0.05) is 24.4 Å². The van der Waals surface area contributed by atoms with Gasteiger partial charge in [0.05, 0.1) is 0 Å². The zero-order valence-electron chi connectivity index (χ0n) is 11.9. The van der Waals surface area contributed by atoms with Crippen molar-refractivity contribution in [1.82, 2.24) is 0 Å². The van der Waals surface area contributed by atoms with Crippen molar-refractivity contribution < 1.29 is 4.74 Å². The third-order valence-electron chi connectivity index (χ3n) is 4.25. The lowest BCUT2D eigenvalue weighted by Gasteiger charge is -2.41. The highest BCUT2D eigenvalue weighted by molar-refractivity contribution is 5.39. The van der Waals surface area contributed by atoms with Crippen LogP contribution in [0.15, 0.2) is 54.6 Å². The Bertz CT molecular complexity index is 581. The summed E-state index contributed by atoms with van der Waals surface area (Å²) in [7, 11) is 0. The number of fused-ring (bicyclic) bond motifs is 1. The topological polar surface area (TPSA) is 35.2 Å². The molecule has 1 aliphatic rings. The Balaban J connectivity index is 1.91. The van der Waals surface area contributed by atoms with Crippen molar-refractivity contribution in [2.45, 2.75) is 37.8 Å². The van der Waals surface area contributed by atoms with Gasteiger partial charge in [-0.1, -0.05) is 55.5 Å². The van der Waals surface area contributed by atoms with Crippen molar-refractivity contribution in [2.75, 3.05) is 0 Å². The van der Waals surface area contributed by atoms with Crippen molar-refractivity contribution in [1.29, 1.82) is 0 Å². The molecule has 0 bridgehead atoms. The summed E-state index contributed by atoms with van der Waals surface area (Å²) in [5, 5.41) is 0. The highest BCUT2D eigenvalue weighted by Gasteiger charge is 2.38. The monoisotopic (exact) mass is 267 g/mol. The van der Waals surface area contributed by atoms with Gasteiger partial charge >= 0.3 is 0 Å². The van der Waals surface area contributed by atoms with E-state index in [1.165, 1.54) is 5.56 Å². The summed E-state index contributed by atoms with van der Waals surface area (Å²) in [6, 6.07) is 18.7. The maximum atomic E-state index is 6.37. The molecule has 0 radical (unpaired) electrons. The molecule has 2 heteroatoms. The van der Waals surface area contributed by atoms with Crippen LogP contribution in [0.4, 0.5) is 0 Å². The van der Waals surface area contributed by atoms with E-state index in [2.05, 4.69) is 37.3 Å². The van der Waals surface area contributed by atoms with Crippen LogP contribution in [0.3, 0.4) is 0 Å². The second-order valence-corrected chi connectivity index (χ2v) is 5.65. The first kappa shape index (κ1) is 13.2. The Morgan fingerprint density at radius 2 is 1.80 bits per heavy atom. The second-order valence-electron chi connectivity index (χ2n) is 5.65. The fourth-order valence-corrected chi connectivity index (χ4v) is 3.08. The first-order valence-electron chi connectivity index (χ1n) is 7.30. The van der Waals surface area contributed by atoms with Gasteiger partial charge in [0.25, 0.3) is 0 Å². The first-order chi connectivity index (χ1) is 9.72. The molecule has 2 N–H and O–H groups in total. The molecule has 2 nitrogen and oxygen atoms in total. The molecule has 104 valence electrons. The van der Waals surface area contributed by atoms with Gasteiger partial charge in [-0.2, -0.15) is 0 Å². The SMILES string of the molecule is CCC1(Cc2ccccc2)CC(N)c2ccccc2O1. The molecule has 1 aliphatic heterocycles. The number of benzene rings is 2. The predicted molar refractivity (Wildman–Crippen MR) is 81.8 cm³/mol. The van der Waals surface area contributed by atoms with Crippen molar-refractivity contribution in [2.24, 2.45) is 5.73 Å². The zero-order chi connectivity index (χ0) is 14.0. The fourth-order valence-electron chi connectivity index (χ4n) is 3.08. The molecule has 0 aromatic heterocycles. The second kappa shape index (κ2) is 5.29. The highest BCUT2D eigenvalue weighted by atomic mass is 16.5. The Morgan fingerprint density at radius 3 is 2.55 bits per heavy atom. The van der Waals surface area contributed by atoms with Crippen LogP contribution in [0.5, 0.6) is 5.75 Å². The van der Waals surface area contributed by atoms with Crippen LogP contribution in [0.2, 0.25) is 0 Å². The van der Waals surface area contributed by atoms with Crippen LogP contribution in [-0.2, 0) is 6.42 Å². The number of rotatable bonds is 3. The lowest BCUT2D eigenvalue weighted by molar-refractivity contribution is 0.0321. The van der Waals surface area contributed by atoms with Gasteiger partial charge in [-0.15, -0.1) is 0 Å². The molecule has 0 saturated carbocycles. The minimum atomic E-state index is -0.185. The van der Waals surface area contributed by atoms with E-state index >= 15 is 0 Å². The van der Waals surface area contributed by atoms with Gasteiger partial charge in [-0.25, -0.2) is 0 Å². The largest absolute Gasteiger partial charge is 0.487 e. The van der Waals surface area contributed by atoms with E-state index in [0.717, 1.165) is 30.6 Å². The molecule has 2 aromatic carbocycles. The van der Waals surface area contributed by atoms with Crippen molar-refractivity contribution in [3.63, 3.8) is 0 Å². The maximum Gasteiger partial charge on any atom is 0.124 e. The summed E-state index contributed by atoms with van der Waals surface area (Å²) in [5.41, 5.74) is 8.62. The maximum absolute atomic E-state index is 6.37. The van der Waals surface area contributed by atoms with E-state index in [1.807, 2.05) is 24.3 Å². The molecule has 2 atom stereocenters. The number of para-hydroxylation sites is 1. The van der Waals surface area contributed by atoms with Crippen LogP contribution < -0.4 is 10.5 Å². The molecule has 0 aliphatic carbocycles. The molecular formula is C18H21NO. The minimum Gasteiger partial charge on any atom is -0.487 e. The number of hydrogen-bond donors (Lipinski definition) is 1. The van der Waals surface area contributed by atoms with Crippen molar-refractivity contribution in [3.05, 3.63) is 65.7 Å². The summed E-state index contributed by atoms with van der Waals surface area (Å²) in [5.74, 6) is 0.948. The summed E-state index contributed by atoms with van der Waals surface area (Å²) < 4.78 is 6.36. The zero-order valence-corrected chi connectivity index (χ0v) is 11.9. The van der Waals surface area contributed by atoms with Crippen LogP contribution in [0.1, 0.15) is 36.9 Å². The number of nitrogens with two attached hydrogens (primary N) is 1. The molecule has 3 rings (SSSR count). The highest BCUT2D eigenvalue weighted by Crippen LogP contribution is 2.41. The standard InChI is InChI=1S/C18H21NO/c1-2-18(12-14-8-4-3-5-9-14)13-16(19)15-10-6-7-11-17(15)20-18/h3-11,16H,2,12-13,19H2,1H3. The molecule has 1 heterocycles. The van der Waals surface area contributed by atoms with Crippen LogP contribution in [0.25, 0.3) is 0 Å². The molecular weight excluding hydrogens is 246 g/mol. The minimum absolute atomic E-state index is 0.0589. The fraction of sp³-hybridized carbons (Fsp3) is 0.333. The van der Waals surface area contributed by atoms with Crippen LogP contribution in [0, 0.1) is 0 Å². The van der Waals surface area contributed by atoms with E-state index in [9.17, 15) is 0 Å². The van der Waals surface area contributed by atoms with E-state index in [0.29, 0.717) is 0 Å². The van der Waals surface area contributed by atoms with Gasteiger partial charge in [0.2, 0.25) is 0 Å². The van der Waals surface area contributed by atoms with Crippen LogP contribution in [-0.4, -0.2) is 5.60 Å². The quantitative estimate of drug-likeness (QED) is 0.916. The summed E-state index contributed by atoms with van der Waals surface area (Å²) >= 11 is 0. The van der Waals surface area contributed by atoms with Gasteiger partial charge in [-0.3, -0.25) is 0 Å². The smallest absolute Gasteiger partial charge is 0.124 e. The Hall–Kier alpha value is -1.80. The predicted octanol–water partition coefficient (Wildman–Crippen LogP) is 3.86. The molecule has 20 heavy (non-hydrogen) atoms. The molecule has 2 aromatic rings. The van der Waals surface area contributed by atoms with E-state index in [4.69, 9.17) is 10.5 Å². The molecule has 0 saturated heterocycles. The first-order valence-corrected chi connectivity index (χ1v) is 7.30. The van der Waals surface area contributed by atoms with Gasteiger partial charge < -0.3 is 10.5 Å². The lowest BCUT2D eigenvalue weighted by atomic mass is 9.81. The number of ether oxygens (including phenoxy) is 1. The lowest BCUT2D eigenvalue weighted by Crippen LogP contribution is -2.44. The summed E-state index contributed by atoms with van der Waals surface area (Å²) in [6.07, 6.45) is 2.74. The average molecular weight is 267 g/mol. The Kier molecular flexibility index (Phi) is 3.49. The molecule has 2 unspecified atom stereocenters. The number of hydrogen-bond acceptors (Lipinski definition) is 2. The summed E-state index contributed by atoms with van der Waals surface area (Å²) in [4.78, 5) is 0. The van der Waals surface area contributed by atoms with Crippen LogP contribution >= 0.6 is 0 Å². The third-order valence-corrected chi connectivity index (χ3v) is 4.25. The van der Waals surface area contributed by atoms with E-state index in [-0.39, 0.29) is 11.6 Å². The molecule has 0 amide bonds. The Morgan fingerprint density at radius 1 is 1.10 bits per heavy atom. The molecule has 0 spiro atoms. The molecule has 0 fully saturated rings. The van der Waals surface area contributed by atoms with E-state index in [1.54, 1.807) is 0 Å². The van der Waals surface area contributed by atoms with E-state index < -0.39 is 0 Å². The Labute approximate surface area is 120 Å². The van der Waals surface area contributed by atoms with Crippen molar-refractivity contribution in [3.8, 4) is 5.75 Å². The van der Waals surface area contributed by atoms with Gasteiger partial charge in [0.1, 0.15) is 11.4 Å². The van der Waals surface area contributed by atoms with Crippen molar-refractivity contribution >= 4 is 0 Å². The third kappa shape index (κ3) is 2.44. The average Bonchev–Trinajstić information content (AvgIpc) is 2.48. The van der Waals surface area contributed by atoms with Gasteiger partial charge in [0.15, 0.2) is 0 Å².